The van der Waals surface area contributed by atoms with Crippen LogP contribution in [0.2, 0.25) is 0 Å². The fourth-order valence-corrected chi connectivity index (χ4v) is 3.10. The Hall–Kier alpha value is -1.43. The van der Waals surface area contributed by atoms with Gasteiger partial charge in [0.1, 0.15) is 11.4 Å². The summed E-state index contributed by atoms with van der Waals surface area (Å²) in [4.78, 5) is 16.1. The van der Waals surface area contributed by atoms with Gasteiger partial charge in [0.25, 0.3) is 0 Å². The van der Waals surface area contributed by atoms with Crippen molar-refractivity contribution in [2.24, 2.45) is 0 Å². The largest absolute Gasteiger partial charge is 0.462 e. The summed E-state index contributed by atoms with van der Waals surface area (Å²) < 4.78 is 5.03. The van der Waals surface area contributed by atoms with E-state index in [1.807, 2.05) is 11.8 Å². The van der Waals surface area contributed by atoms with E-state index in [0.29, 0.717) is 29.7 Å². The van der Waals surface area contributed by atoms with Crippen molar-refractivity contribution in [1.29, 1.82) is 0 Å². The van der Waals surface area contributed by atoms with Crippen LogP contribution in [0.25, 0.3) is 0 Å². The Balaban J connectivity index is 2.15. The van der Waals surface area contributed by atoms with E-state index in [1.54, 1.807) is 19.2 Å². The maximum atomic E-state index is 11.9. The second-order valence-electron chi connectivity index (χ2n) is 4.42. The van der Waals surface area contributed by atoms with Gasteiger partial charge in [0.05, 0.1) is 18.5 Å². The number of nitrogens with two attached hydrogens (primary N) is 1. The summed E-state index contributed by atoms with van der Waals surface area (Å²) in [6.45, 7) is 2.12. The number of hydrogen-bond acceptors (Lipinski definition) is 6. The Morgan fingerprint density at radius 1 is 1.58 bits per heavy atom. The molecule has 0 bridgehead atoms. The highest BCUT2D eigenvalue weighted by Gasteiger charge is 2.19. The molecule has 1 fully saturated rings. The van der Waals surface area contributed by atoms with E-state index in [1.165, 1.54) is 0 Å². The maximum absolute atomic E-state index is 11.9. The van der Waals surface area contributed by atoms with Crippen LogP contribution in [0.15, 0.2) is 12.3 Å². The van der Waals surface area contributed by atoms with E-state index in [4.69, 9.17) is 10.5 Å². The summed E-state index contributed by atoms with van der Waals surface area (Å²) in [6, 6.07) is 1.98. The van der Waals surface area contributed by atoms with Gasteiger partial charge in [-0.15, -0.1) is 0 Å². The van der Waals surface area contributed by atoms with E-state index < -0.39 is 0 Å². The predicted octanol–water partition coefficient (Wildman–Crippen LogP) is 2.15. The van der Waals surface area contributed by atoms with Crippen LogP contribution in [-0.2, 0) is 4.74 Å². The molecule has 104 valence electrons. The lowest BCUT2D eigenvalue weighted by molar-refractivity contribution is 0.0527. The van der Waals surface area contributed by atoms with Crippen LogP contribution in [0.4, 0.5) is 11.5 Å². The highest BCUT2D eigenvalue weighted by atomic mass is 32.2. The first-order valence-corrected chi connectivity index (χ1v) is 7.63. The molecular formula is C13H19N3O2S. The van der Waals surface area contributed by atoms with Gasteiger partial charge in [0.15, 0.2) is 0 Å². The number of nitrogens with zero attached hydrogens (tertiary/aromatic N) is 1. The number of thioether (sulfide) groups is 1. The number of aromatic nitrogens is 1. The summed E-state index contributed by atoms with van der Waals surface area (Å²) in [7, 11) is 0. The zero-order valence-electron chi connectivity index (χ0n) is 11.0. The minimum absolute atomic E-state index is 0.340. The van der Waals surface area contributed by atoms with Crippen molar-refractivity contribution >= 4 is 29.2 Å². The topological polar surface area (TPSA) is 77.2 Å². The summed E-state index contributed by atoms with van der Waals surface area (Å²) in [5.41, 5.74) is 6.58. The van der Waals surface area contributed by atoms with Crippen LogP contribution < -0.4 is 11.1 Å². The third-order valence-electron chi connectivity index (χ3n) is 2.97. The minimum Gasteiger partial charge on any atom is -0.462 e. The average Bonchev–Trinajstić information content (AvgIpc) is 2.42. The van der Waals surface area contributed by atoms with Gasteiger partial charge < -0.3 is 15.8 Å². The molecule has 1 aromatic rings. The monoisotopic (exact) mass is 281 g/mol. The van der Waals surface area contributed by atoms with Crippen LogP contribution >= 0.6 is 11.8 Å². The summed E-state index contributed by atoms with van der Waals surface area (Å²) in [6.07, 6.45) is 3.72. The van der Waals surface area contributed by atoms with Gasteiger partial charge in [-0.25, -0.2) is 9.78 Å². The Morgan fingerprint density at radius 2 is 2.32 bits per heavy atom. The number of ether oxygens (including phenoxy) is 1. The molecule has 2 heterocycles. The van der Waals surface area contributed by atoms with E-state index in [2.05, 4.69) is 10.3 Å². The first-order valence-electron chi connectivity index (χ1n) is 6.47. The predicted molar refractivity (Wildman–Crippen MR) is 78.6 cm³/mol. The van der Waals surface area contributed by atoms with Crippen molar-refractivity contribution < 1.29 is 9.53 Å². The van der Waals surface area contributed by atoms with Gasteiger partial charge in [0, 0.05) is 6.04 Å². The molecule has 1 aliphatic heterocycles. The number of pyridine rings is 1. The molecule has 1 saturated heterocycles. The zero-order valence-corrected chi connectivity index (χ0v) is 11.8. The Morgan fingerprint density at radius 3 is 3.00 bits per heavy atom. The number of nitrogens with one attached hydrogen (secondary N) is 1. The van der Waals surface area contributed by atoms with Gasteiger partial charge in [-0.3, -0.25) is 0 Å². The first kappa shape index (κ1) is 14.0. The van der Waals surface area contributed by atoms with E-state index in [9.17, 15) is 4.79 Å². The molecule has 0 atom stereocenters. The van der Waals surface area contributed by atoms with Crippen molar-refractivity contribution in [2.75, 3.05) is 29.2 Å². The summed E-state index contributed by atoms with van der Waals surface area (Å²) >= 11 is 1.96. The molecule has 19 heavy (non-hydrogen) atoms. The summed E-state index contributed by atoms with van der Waals surface area (Å²) in [5, 5.41) is 3.34. The lowest BCUT2D eigenvalue weighted by Gasteiger charge is -2.24. The second-order valence-corrected chi connectivity index (χ2v) is 5.64. The van der Waals surface area contributed by atoms with Crippen molar-refractivity contribution in [2.45, 2.75) is 25.8 Å². The molecule has 2 rings (SSSR count). The normalized spacial score (nSPS) is 16.1. The van der Waals surface area contributed by atoms with Crippen molar-refractivity contribution in [3.05, 3.63) is 17.8 Å². The van der Waals surface area contributed by atoms with Crippen molar-refractivity contribution in [3.8, 4) is 0 Å². The lowest BCUT2D eigenvalue weighted by Crippen LogP contribution is -2.26. The fraction of sp³-hybridized carbons (Fsp3) is 0.538. The third-order valence-corrected chi connectivity index (χ3v) is 4.02. The van der Waals surface area contributed by atoms with E-state index >= 15 is 0 Å². The Kier molecular flexibility index (Phi) is 4.90. The summed E-state index contributed by atoms with van der Waals surface area (Å²) in [5.74, 6) is 2.47. The minimum atomic E-state index is -0.380. The van der Waals surface area contributed by atoms with Crippen molar-refractivity contribution in [1.82, 2.24) is 4.98 Å². The van der Waals surface area contributed by atoms with Gasteiger partial charge in [-0.1, -0.05) is 0 Å². The molecule has 0 unspecified atom stereocenters. The van der Waals surface area contributed by atoms with Gasteiger partial charge in [0.2, 0.25) is 0 Å². The molecule has 0 aliphatic carbocycles. The molecular weight excluding hydrogens is 262 g/mol. The van der Waals surface area contributed by atoms with E-state index in [-0.39, 0.29) is 5.97 Å². The quantitative estimate of drug-likeness (QED) is 0.823. The van der Waals surface area contributed by atoms with Gasteiger partial charge in [-0.2, -0.15) is 11.8 Å². The molecule has 0 radical (unpaired) electrons. The van der Waals surface area contributed by atoms with E-state index in [0.717, 1.165) is 24.3 Å². The number of anilines is 2. The standard InChI is InChI=1S/C13H19N3O2S/c1-2-18-13(17)11-7-9(14)8-15-12(11)16-10-3-5-19-6-4-10/h7-8,10H,2-6,14H2,1H3,(H,15,16). The number of rotatable bonds is 4. The van der Waals surface area contributed by atoms with Crippen LogP contribution in [0.1, 0.15) is 30.1 Å². The van der Waals surface area contributed by atoms with Crippen LogP contribution in [0.5, 0.6) is 0 Å². The van der Waals surface area contributed by atoms with Crippen LogP contribution in [0, 0.1) is 0 Å². The lowest BCUT2D eigenvalue weighted by atomic mass is 10.1. The maximum Gasteiger partial charge on any atom is 0.341 e. The third kappa shape index (κ3) is 3.76. The Bertz CT molecular complexity index is 448. The number of esters is 1. The van der Waals surface area contributed by atoms with Crippen LogP contribution in [-0.4, -0.2) is 35.1 Å². The van der Waals surface area contributed by atoms with Crippen molar-refractivity contribution in [3.63, 3.8) is 0 Å². The van der Waals surface area contributed by atoms with Gasteiger partial charge in [-0.05, 0) is 37.3 Å². The highest BCUT2D eigenvalue weighted by molar-refractivity contribution is 7.99. The molecule has 0 amide bonds. The molecule has 5 nitrogen and oxygen atoms in total. The molecule has 0 saturated carbocycles. The number of nitrogen functional groups attached to an aromatic ring is 1. The fourth-order valence-electron chi connectivity index (χ4n) is 2.00. The number of carbonyl (C=O) groups is 1. The first-order chi connectivity index (χ1) is 9.20. The molecule has 6 heteroatoms. The highest BCUT2D eigenvalue weighted by Crippen LogP contribution is 2.23. The number of hydrogen-bond donors (Lipinski definition) is 2. The zero-order chi connectivity index (χ0) is 13.7. The SMILES string of the molecule is CCOC(=O)c1cc(N)cnc1NC1CCSCC1. The molecule has 3 N–H and O–H groups in total. The Labute approximate surface area is 117 Å². The second kappa shape index (κ2) is 6.65. The molecule has 0 spiro atoms. The average molecular weight is 281 g/mol. The molecule has 1 aromatic heterocycles. The molecule has 0 aromatic carbocycles. The molecule has 1 aliphatic rings. The number of carbonyl (C=O) groups excluding carboxylic acids is 1. The van der Waals surface area contributed by atoms with Crippen LogP contribution in [0.3, 0.4) is 0 Å². The smallest absolute Gasteiger partial charge is 0.341 e. The van der Waals surface area contributed by atoms with Gasteiger partial charge >= 0.3 is 5.97 Å².